The molecule has 3 unspecified atom stereocenters. The van der Waals surface area contributed by atoms with E-state index in [0.29, 0.717) is 37.4 Å². The summed E-state index contributed by atoms with van der Waals surface area (Å²) in [6.45, 7) is 8.51. The van der Waals surface area contributed by atoms with Gasteiger partial charge >= 0.3 is 0 Å². The molecule has 21 heavy (non-hydrogen) atoms. The van der Waals surface area contributed by atoms with Gasteiger partial charge in [-0.25, -0.2) is 0 Å². The molecule has 0 saturated carbocycles. The Morgan fingerprint density at radius 2 is 2.29 bits per heavy atom. The van der Waals surface area contributed by atoms with Crippen molar-refractivity contribution in [2.75, 3.05) is 32.8 Å². The predicted octanol–water partition coefficient (Wildman–Crippen LogP) is 0.977. The molecule has 0 aliphatic carbocycles. The predicted molar refractivity (Wildman–Crippen MR) is 84.0 cm³/mol. The SMILES string of the molecule is CC(C)CC(CN)CC(=O)NCC1CN2CCCC2CO1. The zero-order chi connectivity index (χ0) is 15.2. The Labute approximate surface area is 128 Å². The largest absolute Gasteiger partial charge is 0.373 e. The fourth-order valence-corrected chi connectivity index (χ4v) is 3.50. The summed E-state index contributed by atoms with van der Waals surface area (Å²) in [4.78, 5) is 14.5. The Kier molecular flexibility index (Phi) is 6.45. The number of ether oxygens (including phenoxy) is 1. The number of nitrogens with two attached hydrogens (primary N) is 1. The first-order chi connectivity index (χ1) is 10.1. The monoisotopic (exact) mass is 297 g/mol. The molecular weight excluding hydrogens is 266 g/mol. The number of morpholine rings is 1. The maximum Gasteiger partial charge on any atom is 0.220 e. The summed E-state index contributed by atoms with van der Waals surface area (Å²) in [5, 5.41) is 3.02. The summed E-state index contributed by atoms with van der Waals surface area (Å²) >= 11 is 0. The minimum atomic E-state index is 0.109. The third-order valence-corrected chi connectivity index (χ3v) is 4.60. The first kappa shape index (κ1) is 16.7. The molecule has 5 nitrogen and oxygen atoms in total. The highest BCUT2D eigenvalue weighted by atomic mass is 16.5. The van der Waals surface area contributed by atoms with Crippen LogP contribution in [0.5, 0.6) is 0 Å². The van der Waals surface area contributed by atoms with Crippen LogP contribution in [0.2, 0.25) is 0 Å². The standard InChI is InChI=1S/C16H31N3O2/c1-12(2)6-13(8-17)7-16(20)18-9-15-10-19-5-3-4-14(19)11-21-15/h12-15H,3-11,17H2,1-2H3,(H,18,20). The van der Waals surface area contributed by atoms with Gasteiger partial charge in [0.25, 0.3) is 0 Å². The van der Waals surface area contributed by atoms with Gasteiger partial charge in [-0.1, -0.05) is 13.8 Å². The van der Waals surface area contributed by atoms with Crippen LogP contribution < -0.4 is 11.1 Å². The van der Waals surface area contributed by atoms with E-state index in [1.54, 1.807) is 0 Å². The number of hydrogen-bond donors (Lipinski definition) is 2. The second kappa shape index (κ2) is 8.11. The Balaban J connectivity index is 1.66. The summed E-state index contributed by atoms with van der Waals surface area (Å²) in [5.74, 6) is 0.985. The second-order valence-electron chi connectivity index (χ2n) is 6.99. The smallest absolute Gasteiger partial charge is 0.220 e. The van der Waals surface area contributed by atoms with Gasteiger partial charge in [0.1, 0.15) is 0 Å². The molecule has 2 aliphatic heterocycles. The molecule has 0 aromatic carbocycles. The van der Waals surface area contributed by atoms with Crippen LogP contribution in [0.3, 0.4) is 0 Å². The molecule has 2 fully saturated rings. The topological polar surface area (TPSA) is 67.6 Å². The molecule has 0 aromatic rings. The van der Waals surface area contributed by atoms with Crippen LogP contribution >= 0.6 is 0 Å². The van der Waals surface area contributed by atoms with Crippen LogP contribution in [0, 0.1) is 11.8 Å². The maximum absolute atomic E-state index is 12.0. The highest BCUT2D eigenvalue weighted by molar-refractivity contribution is 5.76. The van der Waals surface area contributed by atoms with Gasteiger partial charge in [-0.15, -0.1) is 0 Å². The van der Waals surface area contributed by atoms with E-state index in [-0.39, 0.29) is 12.0 Å². The summed E-state index contributed by atoms with van der Waals surface area (Å²) in [6, 6.07) is 0.615. The first-order valence-electron chi connectivity index (χ1n) is 8.41. The van der Waals surface area contributed by atoms with Gasteiger partial charge in [0.15, 0.2) is 0 Å². The van der Waals surface area contributed by atoms with Crippen molar-refractivity contribution in [3.8, 4) is 0 Å². The third kappa shape index (κ3) is 5.24. The lowest BCUT2D eigenvalue weighted by Crippen LogP contribution is -2.50. The van der Waals surface area contributed by atoms with Crippen LogP contribution in [-0.2, 0) is 9.53 Å². The summed E-state index contributed by atoms with van der Waals surface area (Å²) in [7, 11) is 0. The Hall–Kier alpha value is -0.650. The molecule has 3 N–H and O–H groups in total. The molecule has 2 saturated heterocycles. The van der Waals surface area contributed by atoms with Gasteiger partial charge in [0.05, 0.1) is 12.7 Å². The van der Waals surface area contributed by atoms with E-state index in [2.05, 4.69) is 24.1 Å². The van der Waals surface area contributed by atoms with Crippen molar-refractivity contribution in [1.29, 1.82) is 0 Å². The van der Waals surface area contributed by atoms with Crippen molar-refractivity contribution in [3.63, 3.8) is 0 Å². The van der Waals surface area contributed by atoms with Gasteiger partial charge in [-0.3, -0.25) is 9.69 Å². The van der Waals surface area contributed by atoms with Crippen molar-refractivity contribution in [1.82, 2.24) is 10.2 Å². The number of fused-ring (bicyclic) bond motifs is 1. The van der Waals surface area contributed by atoms with Crippen molar-refractivity contribution >= 4 is 5.91 Å². The van der Waals surface area contributed by atoms with Crippen molar-refractivity contribution in [2.45, 2.75) is 51.7 Å². The van der Waals surface area contributed by atoms with Crippen LogP contribution in [0.25, 0.3) is 0 Å². The lowest BCUT2D eigenvalue weighted by molar-refractivity contribution is -0.123. The van der Waals surface area contributed by atoms with Crippen molar-refractivity contribution in [3.05, 3.63) is 0 Å². The fraction of sp³-hybridized carbons (Fsp3) is 0.938. The average Bonchev–Trinajstić information content (AvgIpc) is 2.91. The number of hydrogen-bond acceptors (Lipinski definition) is 4. The number of amides is 1. The molecule has 2 aliphatic rings. The van der Waals surface area contributed by atoms with Gasteiger partial charge in [-0.05, 0) is 44.2 Å². The highest BCUT2D eigenvalue weighted by Crippen LogP contribution is 2.22. The van der Waals surface area contributed by atoms with E-state index in [4.69, 9.17) is 10.5 Å². The normalized spacial score (nSPS) is 27.6. The second-order valence-corrected chi connectivity index (χ2v) is 6.99. The number of carbonyl (C=O) groups excluding carboxylic acids is 1. The van der Waals surface area contributed by atoms with E-state index in [9.17, 15) is 4.79 Å². The van der Waals surface area contributed by atoms with E-state index >= 15 is 0 Å². The van der Waals surface area contributed by atoms with Crippen LogP contribution in [0.15, 0.2) is 0 Å². The number of nitrogens with one attached hydrogen (secondary N) is 1. The van der Waals surface area contributed by atoms with Gasteiger partial charge in [0.2, 0.25) is 5.91 Å². The van der Waals surface area contributed by atoms with Crippen LogP contribution in [0.1, 0.15) is 39.5 Å². The van der Waals surface area contributed by atoms with Crippen LogP contribution in [0.4, 0.5) is 0 Å². The van der Waals surface area contributed by atoms with E-state index in [1.807, 2.05) is 0 Å². The quantitative estimate of drug-likeness (QED) is 0.735. The molecule has 0 radical (unpaired) electrons. The highest BCUT2D eigenvalue weighted by Gasteiger charge is 2.32. The average molecular weight is 297 g/mol. The van der Waals surface area contributed by atoms with Gasteiger partial charge in [0, 0.05) is 25.6 Å². The molecule has 0 aromatic heterocycles. The van der Waals surface area contributed by atoms with Crippen molar-refractivity contribution < 1.29 is 9.53 Å². The molecule has 3 atom stereocenters. The molecule has 0 bridgehead atoms. The Morgan fingerprint density at radius 3 is 3.00 bits per heavy atom. The van der Waals surface area contributed by atoms with Crippen LogP contribution in [-0.4, -0.2) is 55.7 Å². The Bertz CT molecular complexity index is 335. The zero-order valence-electron chi connectivity index (χ0n) is 13.5. The third-order valence-electron chi connectivity index (χ3n) is 4.60. The molecule has 2 heterocycles. The minimum absolute atomic E-state index is 0.109. The zero-order valence-corrected chi connectivity index (χ0v) is 13.5. The van der Waals surface area contributed by atoms with Gasteiger partial charge in [-0.2, -0.15) is 0 Å². The van der Waals surface area contributed by atoms with Crippen molar-refractivity contribution in [2.24, 2.45) is 17.6 Å². The molecule has 1 amide bonds. The maximum atomic E-state index is 12.0. The molecule has 122 valence electrons. The number of rotatable bonds is 7. The van der Waals surface area contributed by atoms with E-state index in [0.717, 1.165) is 19.6 Å². The number of nitrogens with zero attached hydrogens (tertiary/aromatic N) is 1. The molecular formula is C16H31N3O2. The molecule has 0 spiro atoms. The lowest BCUT2D eigenvalue weighted by Gasteiger charge is -2.35. The fourth-order valence-electron chi connectivity index (χ4n) is 3.50. The molecule has 5 heteroatoms. The summed E-state index contributed by atoms with van der Waals surface area (Å²) < 4.78 is 5.86. The van der Waals surface area contributed by atoms with Gasteiger partial charge < -0.3 is 15.8 Å². The van der Waals surface area contributed by atoms with E-state index < -0.39 is 0 Å². The first-order valence-corrected chi connectivity index (χ1v) is 8.41. The molecule has 2 rings (SSSR count). The summed E-state index contributed by atoms with van der Waals surface area (Å²) in [5.41, 5.74) is 5.76. The Morgan fingerprint density at radius 1 is 1.48 bits per heavy atom. The summed E-state index contributed by atoms with van der Waals surface area (Å²) in [6.07, 6.45) is 4.23. The minimum Gasteiger partial charge on any atom is -0.373 e. The lowest BCUT2D eigenvalue weighted by atomic mass is 9.94. The number of carbonyl (C=O) groups is 1. The van der Waals surface area contributed by atoms with E-state index in [1.165, 1.54) is 19.4 Å².